The first kappa shape index (κ1) is 17.6. The summed E-state index contributed by atoms with van der Waals surface area (Å²) in [7, 11) is 0. The topological polar surface area (TPSA) is 104 Å². The highest BCUT2D eigenvalue weighted by molar-refractivity contribution is 5.99. The lowest BCUT2D eigenvalue weighted by molar-refractivity contribution is -0.148. The molecule has 0 rings (SSSR count). The molecule has 0 aromatic carbocycles. The lowest BCUT2D eigenvalue weighted by Crippen LogP contribution is -2.53. The van der Waals surface area contributed by atoms with E-state index >= 15 is 0 Å². The summed E-state index contributed by atoms with van der Waals surface area (Å²) in [6, 6.07) is 0. The monoisotopic (exact) mass is 273 g/mol. The summed E-state index contributed by atoms with van der Waals surface area (Å²) in [5.41, 5.74) is -1.53. The molecule has 0 aliphatic carbocycles. The number of ketones is 1. The number of aliphatic hydroxyl groups is 1. The highest BCUT2D eigenvalue weighted by atomic mass is 16.4. The van der Waals surface area contributed by atoms with Crippen molar-refractivity contribution in [2.75, 3.05) is 6.61 Å². The second-order valence-corrected chi connectivity index (χ2v) is 4.83. The van der Waals surface area contributed by atoms with Crippen LogP contribution in [0.2, 0.25) is 0 Å². The number of unbranched alkanes of at least 4 members (excludes halogenated alkanes) is 2. The van der Waals surface area contributed by atoms with E-state index in [4.69, 9.17) is 10.2 Å². The summed E-state index contributed by atoms with van der Waals surface area (Å²) in [4.78, 5) is 34.1. The van der Waals surface area contributed by atoms with Gasteiger partial charge in [-0.05, 0) is 13.3 Å². The van der Waals surface area contributed by atoms with Crippen LogP contribution in [0.1, 0.15) is 52.4 Å². The van der Waals surface area contributed by atoms with E-state index in [0.29, 0.717) is 6.42 Å². The Morgan fingerprint density at radius 2 is 1.84 bits per heavy atom. The maximum Gasteiger partial charge on any atom is 0.329 e. The van der Waals surface area contributed by atoms with Gasteiger partial charge in [0, 0.05) is 19.4 Å². The Morgan fingerprint density at radius 3 is 2.32 bits per heavy atom. The number of rotatable bonds is 10. The van der Waals surface area contributed by atoms with Crippen LogP contribution in [0.3, 0.4) is 0 Å². The zero-order valence-electron chi connectivity index (χ0n) is 11.6. The first-order chi connectivity index (χ1) is 8.85. The Hall–Kier alpha value is -1.43. The smallest absolute Gasteiger partial charge is 0.329 e. The third-order valence-corrected chi connectivity index (χ3v) is 2.92. The van der Waals surface area contributed by atoms with E-state index in [1.165, 1.54) is 6.92 Å². The van der Waals surface area contributed by atoms with Crippen LogP contribution < -0.4 is 5.32 Å². The number of carboxylic acid groups (broad SMARTS) is 1. The van der Waals surface area contributed by atoms with Crippen LogP contribution in [0, 0.1) is 0 Å². The van der Waals surface area contributed by atoms with Crippen LogP contribution in [0.25, 0.3) is 0 Å². The summed E-state index contributed by atoms with van der Waals surface area (Å²) in [6.07, 6.45) is 2.61. The summed E-state index contributed by atoms with van der Waals surface area (Å²) in [5.74, 6) is -2.03. The molecule has 19 heavy (non-hydrogen) atoms. The average molecular weight is 273 g/mol. The maximum atomic E-state index is 11.6. The third kappa shape index (κ3) is 6.91. The Balaban J connectivity index is 4.27. The quantitative estimate of drug-likeness (QED) is 0.405. The molecule has 0 fully saturated rings. The molecule has 0 aliphatic heterocycles. The van der Waals surface area contributed by atoms with Gasteiger partial charge in [0.05, 0.1) is 6.42 Å². The molecule has 0 aliphatic rings. The molecule has 0 spiro atoms. The molecular formula is C13H23NO5. The largest absolute Gasteiger partial charge is 0.480 e. The summed E-state index contributed by atoms with van der Waals surface area (Å²) in [6.45, 7) is 2.98. The van der Waals surface area contributed by atoms with Gasteiger partial charge in [-0.15, -0.1) is 0 Å². The molecule has 0 heterocycles. The van der Waals surface area contributed by atoms with Gasteiger partial charge in [-0.3, -0.25) is 9.59 Å². The van der Waals surface area contributed by atoms with Gasteiger partial charge in [0.2, 0.25) is 5.91 Å². The molecule has 0 bridgehead atoms. The lowest BCUT2D eigenvalue weighted by atomic mass is 9.98. The fraction of sp³-hybridized carbons (Fsp3) is 0.769. The van der Waals surface area contributed by atoms with Crippen molar-refractivity contribution in [1.29, 1.82) is 0 Å². The zero-order chi connectivity index (χ0) is 14.9. The highest BCUT2D eigenvalue weighted by Gasteiger charge is 2.34. The van der Waals surface area contributed by atoms with Gasteiger partial charge in [-0.2, -0.15) is 0 Å². The van der Waals surface area contributed by atoms with Crippen LogP contribution >= 0.6 is 0 Å². The SMILES string of the molecule is CCCCCC(=O)CC(=O)N[C@@](C)(CCO)C(=O)O. The van der Waals surface area contributed by atoms with Gasteiger partial charge < -0.3 is 15.5 Å². The number of hydrogen-bond donors (Lipinski definition) is 3. The van der Waals surface area contributed by atoms with Gasteiger partial charge in [-0.25, -0.2) is 4.79 Å². The standard InChI is InChI=1S/C13H23NO5/c1-3-4-5-6-10(16)9-11(17)14-13(2,7-8-15)12(18)19/h15H,3-9H2,1-2H3,(H,14,17)(H,18,19)/t13-/m0/s1. The molecule has 3 N–H and O–H groups in total. The van der Waals surface area contributed by atoms with Crippen molar-refractivity contribution in [2.45, 2.75) is 57.9 Å². The van der Waals surface area contributed by atoms with Crippen LogP contribution in [0.15, 0.2) is 0 Å². The van der Waals surface area contributed by atoms with Gasteiger partial charge in [0.1, 0.15) is 11.3 Å². The molecule has 6 nitrogen and oxygen atoms in total. The summed E-state index contributed by atoms with van der Waals surface area (Å²) >= 11 is 0. The van der Waals surface area contributed by atoms with E-state index in [0.717, 1.165) is 19.3 Å². The van der Waals surface area contributed by atoms with Crippen LogP contribution in [0.4, 0.5) is 0 Å². The molecule has 0 unspecified atom stereocenters. The minimum atomic E-state index is -1.53. The number of hydrogen-bond acceptors (Lipinski definition) is 4. The van der Waals surface area contributed by atoms with Crippen molar-refractivity contribution in [3.05, 3.63) is 0 Å². The number of carboxylic acids is 1. The second-order valence-electron chi connectivity index (χ2n) is 4.83. The number of aliphatic carboxylic acids is 1. The van der Waals surface area contributed by atoms with Crippen molar-refractivity contribution < 1.29 is 24.6 Å². The zero-order valence-corrected chi connectivity index (χ0v) is 11.6. The number of nitrogens with one attached hydrogen (secondary N) is 1. The van der Waals surface area contributed by atoms with Crippen molar-refractivity contribution in [3.63, 3.8) is 0 Å². The van der Waals surface area contributed by atoms with Crippen molar-refractivity contribution >= 4 is 17.7 Å². The first-order valence-corrected chi connectivity index (χ1v) is 6.52. The fourth-order valence-electron chi connectivity index (χ4n) is 1.64. The molecule has 0 radical (unpaired) electrons. The molecule has 1 amide bonds. The Morgan fingerprint density at radius 1 is 1.21 bits per heavy atom. The Labute approximate surface area is 113 Å². The predicted octanol–water partition coefficient (Wildman–Crippen LogP) is 0.868. The van der Waals surface area contributed by atoms with E-state index in [2.05, 4.69) is 5.32 Å². The fourth-order valence-corrected chi connectivity index (χ4v) is 1.64. The van der Waals surface area contributed by atoms with E-state index in [1.54, 1.807) is 0 Å². The molecule has 6 heteroatoms. The van der Waals surface area contributed by atoms with Crippen LogP contribution in [0.5, 0.6) is 0 Å². The summed E-state index contributed by atoms with van der Waals surface area (Å²) < 4.78 is 0. The first-order valence-electron chi connectivity index (χ1n) is 6.52. The molecular weight excluding hydrogens is 250 g/mol. The van der Waals surface area contributed by atoms with Crippen molar-refractivity contribution in [3.8, 4) is 0 Å². The second kappa shape index (κ2) is 8.63. The van der Waals surface area contributed by atoms with Crippen LogP contribution in [-0.2, 0) is 14.4 Å². The minimum absolute atomic E-state index is 0.0991. The molecule has 0 aromatic heterocycles. The molecule has 0 saturated heterocycles. The molecule has 110 valence electrons. The lowest BCUT2D eigenvalue weighted by Gasteiger charge is -2.25. The maximum absolute atomic E-state index is 11.6. The van der Waals surface area contributed by atoms with Crippen molar-refractivity contribution in [1.82, 2.24) is 5.32 Å². The number of carbonyl (C=O) groups excluding carboxylic acids is 2. The van der Waals surface area contributed by atoms with Gasteiger partial charge in [-0.1, -0.05) is 19.8 Å². The van der Waals surface area contributed by atoms with Gasteiger partial charge in [0.25, 0.3) is 0 Å². The van der Waals surface area contributed by atoms with E-state index < -0.39 is 17.4 Å². The molecule has 0 saturated carbocycles. The van der Waals surface area contributed by atoms with E-state index in [9.17, 15) is 14.4 Å². The van der Waals surface area contributed by atoms with E-state index in [-0.39, 0.29) is 25.2 Å². The number of aliphatic hydroxyl groups excluding tert-OH is 1. The molecule has 0 aromatic rings. The normalized spacial score (nSPS) is 13.6. The number of Topliss-reactive ketones (excluding diaryl/α,β-unsaturated/α-hetero) is 1. The Kier molecular flexibility index (Phi) is 7.98. The van der Waals surface area contributed by atoms with E-state index in [1.807, 2.05) is 6.92 Å². The van der Waals surface area contributed by atoms with Crippen LogP contribution in [-0.4, -0.2) is 40.0 Å². The Bertz CT molecular complexity index is 329. The predicted molar refractivity (Wildman–Crippen MR) is 69.7 cm³/mol. The average Bonchev–Trinajstić information content (AvgIpc) is 2.28. The van der Waals surface area contributed by atoms with Gasteiger partial charge >= 0.3 is 5.97 Å². The number of carbonyl (C=O) groups is 3. The molecule has 1 atom stereocenters. The van der Waals surface area contributed by atoms with Crippen molar-refractivity contribution in [2.24, 2.45) is 0 Å². The summed E-state index contributed by atoms with van der Waals surface area (Å²) in [5, 5.41) is 20.1. The third-order valence-electron chi connectivity index (χ3n) is 2.92. The van der Waals surface area contributed by atoms with Gasteiger partial charge in [0.15, 0.2) is 0 Å². The number of amides is 1. The minimum Gasteiger partial charge on any atom is -0.480 e. The highest BCUT2D eigenvalue weighted by Crippen LogP contribution is 2.10.